The minimum atomic E-state index is -0.437. The molecule has 5 rings (SSSR count). The molecule has 2 aliphatic carbocycles. The predicted octanol–water partition coefficient (Wildman–Crippen LogP) is 3.11. The second-order valence-corrected chi connectivity index (χ2v) is 10.3. The maximum absolute atomic E-state index is 12.2. The molecule has 0 bridgehead atoms. The number of rotatable bonds is 7. The standard InChI is InChI=1S/C21H25N5O3S2/c1-3-29-16(28)9-22-15(27)10-30-21-25-24-19-17-13-7-4-11(2)8-14(13)31-20(17)23-18(26(19)21)12-5-6-12/h11-12H,3-10H2,1-2H3,(H,22,27)/t11-/m0/s1. The van der Waals surface area contributed by atoms with Gasteiger partial charge < -0.3 is 10.1 Å². The summed E-state index contributed by atoms with van der Waals surface area (Å²) in [6.45, 7) is 4.22. The van der Waals surface area contributed by atoms with Crippen molar-refractivity contribution in [1.82, 2.24) is 24.9 Å². The van der Waals surface area contributed by atoms with Crippen LogP contribution in [0.2, 0.25) is 0 Å². The molecule has 2 aliphatic rings. The number of thiophene rings is 1. The fourth-order valence-corrected chi connectivity index (χ4v) is 6.27. The second kappa shape index (κ2) is 8.38. The van der Waals surface area contributed by atoms with Crippen molar-refractivity contribution in [1.29, 1.82) is 0 Å². The highest BCUT2D eigenvalue weighted by Gasteiger charge is 2.32. The molecular weight excluding hydrogens is 434 g/mol. The predicted molar refractivity (Wildman–Crippen MR) is 120 cm³/mol. The minimum Gasteiger partial charge on any atom is -0.465 e. The van der Waals surface area contributed by atoms with Crippen molar-refractivity contribution in [2.45, 2.75) is 57.0 Å². The summed E-state index contributed by atoms with van der Waals surface area (Å²) < 4.78 is 6.90. The van der Waals surface area contributed by atoms with Crippen LogP contribution in [-0.4, -0.2) is 50.4 Å². The number of carbonyl (C=O) groups excluding carboxylic acids is 2. The third-order valence-electron chi connectivity index (χ3n) is 5.81. The highest BCUT2D eigenvalue weighted by Crippen LogP contribution is 2.44. The van der Waals surface area contributed by atoms with E-state index >= 15 is 0 Å². The van der Waals surface area contributed by atoms with Crippen molar-refractivity contribution in [3.63, 3.8) is 0 Å². The van der Waals surface area contributed by atoms with Crippen molar-refractivity contribution in [3.05, 3.63) is 16.3 Å². The monoisotopic (exact) mass is 459 g/mol. The topological polar surface area (TPSA) is 98.5 Å². The van der Waals surface area contributed by atoms with Crippen LogP contribution >= 0.6 is 23.1 Å². The van der Waals surface area contributed by atoms with Gasteiger partial charge in [-0.2, -0.15) is 0 Å². The van der Waals surface area contributed by atoms with Gasteiger partial charge in [0, 0.05) is 10.8 Å². The minimum absolute atomic E-state index is 0.122. The van der Waals surface area contributed by atoms with Gasteiger partial charge in [-0.3, -0.25) is 14.0 Å². The Kier molecular flexibility index (Phi) is 5.60. The summed E-state index contributed by atoms with van der Waals surface area (Å²) in [6.07, 6.45) is 5.60. The number of aromatic nitrogens is 4. The Morgan fingerprint density at radius 1 is 1.29 bits per heavy atom. The Bertz CT molecular complexity index is 1170. The Morgan fingerprint density at radius 3 is 2.90 bits per heavy atom. The van der Waals surface area contributed by atoms with Crippen molar-refractivity contribution in [2.75, 3.05) is 18.9 Å². The number of nitrogens with one attached hydrogen (secondary N) is 1. The first kappa shape index (κ1) is 20.7. The van der Waals surface area contributed by atoms with Crippen molar-refractivity contribution in [2.24, 2.45) is 5.92 Å². The van der Waals surface area contributed by atoms with Gasteiger partial charge in [-0.25, -0.2) is 4.98 Å². The Labute approximate surface area is 188 Å². The lowest BCUT2D eigenvalue weighted by Gasteiger charge is -2.17. The van der Waals surface area contributed by atoms with E-state index in [9.17, 15) is 9.59 Å². The van der Waals surface area contributed by atoms with Crippen molar-refractivity contribution >= 4 is 50.8 Å². The van der Waals surface area contributed by atoms with E-state index in [0.717, 1.165) is 47.4 Å². The molecule has 0 radical (unpaired) electrons. The third-order valence-corrected chi connectivity index (χ3v) is 7.88. The number of hydrogen-bond acceptors (Lipinski definition) is 8. The molecule has 1 fully saturated rings. The zero-order valence-corrected chi connectivity index (χ0v) is 19.3. The van der Waals surface area contributed by atoms with Crippen LogP contribution in [-0.2, 0) is 27.2 Å². The lowest BCUT2D eigenvalue weighted by molar-refractivity contribution is -0.143. The normalized spacial score (nSPS) is 18.3. The molecule has 0 spiro atoms. The van der Waals surface area contributed by atoms with Crippen LogP contribution in [0, 0.1) is 5.92 Å². The van der Waals surface area contributed by atoms with Gasteiger partial charge in [0.25, 0.3) is 0 Å². The molecule has 164 valence electrons. The zero-order chi connectivity index (χ0) is 21.5. The number of esters is 1. The summed E-state index contributed by atoms with van der Waals surface area (Å²) in [5.41, 5.74) is 2.25. The van der Waals surface area contributed by atoms with E-state index in [0.29, 0.717) is 23.6 Å². The number of amides is 1. The van der Waals surface area contributed by atoms with Gasteiger partial charge >= 0.3 is 5.97 Å². The second-order valence-electron chi connectivity index (χ2n) is 8.29. The summed E-state index contributed by atoms with van der Waals surface area (Å²) in [5.74, 6) is 1.62. The quantitative estimate of drug-likeness (QED) is 0.428. The number of ether oxygens (including phenoxy) is 1. The van der Waals surface area contributed by atoms with E-state index in [1.165, 1.54) is 28.6 Å². The number of aryl methyl sites for hydroxylation is 1. The maximum atomic E-state index is 12.2. The zero-order valence-electron chi connectivity index (χ0n) is 17.6. The first-order chi connectivity index (χ1) is 15.0. The molecule has 3 heterocycles. The van der Waals surface area contributed by atoms with Gasteiger partial charge in [0.05, 0.1) is 17.7 Å². The summed E-state index contributed by atoms with van der Waals surface area (Å²) >= 11 is 3.14. The van der Waals surface area contributed by atoms with Gasteiger partial charge in [-0.1, -0.05) is 18.7 Å². The fraction of sp³-hybridized carbons (Fsp3) is 0.571. The third kappa shape index (κ3) is 4.03. The van der Waals surface area contributed by atoms with E-state index < -0.39 is 5.97 Å². The van der Waals surface area contributed by atoms with Gasteiger partial charge in [-0.05, 0) is 50.5 Å². The van der Waals surface area contributed by atoms with Crippen LogP contribution in [0.5, 0.6) is 0 Å². The molecule has 0 aliphatic heterocycles. The first-order valence-electron chi connectivity index (χ1n) is 10.8. The summed E-state index contributed by atoms with van der Waals surface area (Å²) in [7, 11) is 0. The van der Waals surface area contributed by atoms with E-state index in [2.05, 4.69) is 26.8 Å². The molecule has 0 aromatic carbocycles. The Morgan fingerprint density at radius 2 is 2.13 bits per heavy atom. The SMILES string of the molecule is CCOC(=O)CNC(=O)CSc1nnc2c3c4c(sc3nc(C3CC3)n12)C[C@@H](C)CC4. The van der Waals surface area contributed by atoms with E-state index in [1.54, 1.807) is 6.92 Å². The highest BCUT2D eigenvalue weighted by molar-refractivity contribution is 7.99. The average molecular weight is 460 g/mol. The van der Waals surface area contributed by atoms with Crippen LogP contribution in [0.4, 0.5) is 0 Å². The van der Waals surface area contributed by atoms with Crippen LogP contribution < -0.4 is 5.32 Å². The molecule has 8 nitrogen and oxygen atoms in total. The van der Waals surface area contributed by atoms with Crippen molar-refractivity contribution < 1.29 is 14.3 Å². The maximum Gasteiger partial charge on any atom is 0.325 e. The molecule has 1 saturated carbocycles. The highest BCUT2D eigenvalue weighted by atomic mass is 32.2. The molecule has 10 heteroatoms. The van der Waals surface area contributed by atoms with Crippen LogP contribution in [0.1, 0.15) is 55.3 Å². The number of fused-ring (bicyclic) bond motifs is 5. The Balaban J connectivity index is 1.44. The van der Waals surface area contributed by atoms with Crippen LogP contribution in [0.25, 0.3) is 15.9 Å². The number of nitrogens with zero attached hydrogens (tertiary/aromatic N) is 4. The van der Waals surface area contributed by atoms with E-state index in [4.69, 9.17) is 9.72 Å². The molecule has 3 aromatic rings. The van der Waals surface area contributed by atoms with Gasteiger partial charge in [-0.15, -0.1) is 21.5 Å². The number of thioether (sulfide) groups is 1. The number of carbonyl (C=O) groups is 2. The van der Waals surface area contributed by atoms with Gasteiger partial charge in [0.15, 0.2) is 10.8 Å². The molecule has 3 aromatic heterocycles. The molecule has 1 amide bonds. The lowest BCUT2D eigenvalue weighted by Crippen LogP contribution is -2.31. The molecule has 0 saturated heterocycles. The molecule has 1 atom stereocenters. The molecule has 31 heavy (non-hydrogen) atoms. The van der Waals surface area contributed by atoms with Gasteiger partial charge in [0.2, 0.25) is 5.91 Å². The van der Waals surface area contributed by atoms with Gasteiger partial charge in [0.1, 0.15) is 17.2 Å². The largest absolute Gasteiger partial charge is 0.465 e. The smallest absolute Gasteiger partial charge is 0.325 e. The van der Waals surface area contributed by atoms with E-state index in [-0.39, 0.29) is 18.2 Å². The van der Waals surface area contributed by atoms with E-state index in [1.807, 2.05) is 11.3 Å². The Hall–Kier alpha value is -2.20. The number of hydrogen-bond donors (Lipinski definition) is 1. The summed E-state index contributed by atoms with van der Waals surface area (Å²) in [6, 6.07) is 0. The average Bonchev–Trinajstić information content (AvgIpc) is 3.41. The molecule has 0 unspecified atom stereocenters. The summed E-state index contributed by atoms with van der Waals surface area (Å²) in [5, 5.41) is 13.4. The lowest BCUT2D eigenvalue weighted by atomic mass is 9.89. The first-order valence-corrected chi connectivity index (χ1v) is 12.6. The summed E-state index contributed by atoms with van der Waals surface area (Å²) in [4.78, 5) is 31.2. The molecular formula is C21H25N5O3S2. The van der Waals surface area contributed by atoms with Crippen LogP contribution in [0.15, 0.2) is 5.16 Å². The molecule has 1 N–H and O–H groups in total. The fourth-order valence-electron chi connectivity index (χ4n) is 4.11. The van der Waals surface area contributed by atoms with Crippen LogP contribution in [0.3, 0.4) is 0 Å². The van der Waals surface area contributed by atoms with Crippen molar-refractivity contribution in [3.8, 4) is 0 Å².